The third-order valence-electron chi connectivity index (χ3n) is 0.935. The van der Waals surface area contributed by atoms with Crippen molar-refractivity contribution in [2.45, 2.75) is 6.54 Å². The molecule has 0 fully saturated rings. The summed E-state index contributed by atoms with van der Waals surface area (Å²) in [5.74, 6) is 2.09. The Morgan fingerprint density at radius 3 is 2.75 bits per heavy atom. The van der Waals surface area contributed by atoms with Gasteiger partial charge in [-0.15, -0.1) is 0 Å². The molecule has 1 aromatic heterocycles. The fourth-order valence-electron chi connectivity index (χ4n) is 0.519. The molecule has 1 heterocycles. The number of hydrogen-bond acceptors (Lipinski definition) is 1. The molecular formula is C6H8NP. The van der Waals surface area contributed by atoms with E-state index in [0.29, 0.717) is 6.54 Å². The third-order valence-corrected chi connectivity index (χ3v) is 1.92. The van der Waals surface area contributed by atoms with Crippen LogP contribution in [-0.2, 0) is 6.54 Å². The minimum absolute atomic E-state index is 0.683. The summed E-state index contributed by atoms with van der Waals surface area (Å²) in [5.41, 5.74) is 5.37. The Morgan fingerprint density at radius 2 is 2.38 bits per heavy atom. The molecule has 42 valence electrons. The van der Waals surface area contributed by atoms with Crippen LogP contribution < -0.4 is 5.73 Å². The zero-order chi connectivity index (χ0) is 5.82. The van der Waals surface area contributed by atoms with E-state index in [0.717, 1.165) is 0 Å². The maximum Gasteiger partial charge on any atom is 0.0222 e. The molecule has 0 aliphatic heterocycles. The Bertz CT molecular complexity index is 150. The van der Waals surface area contributed by atoms with Gasteiger partial charge in [0, 0.05) is 6.54 Å². The van der Waals surface area contributed by atoms with Crippen LogP contribution in [0.15, 0.2) is 24.0 Å². The van der Waals surface area contributed by atoms with E-state index in [-0.39, 0.29) is 0 Å². The predicted octanol–water partition coefficient (Wildman–Crippen LogP) is 1.73. The van der Waals surface area contributed by atoms with Crippen LogP contribution in [0.4, 0.5) is 0 Å². The summed E-state index contributed by atoms with van der Waals surface area (Å²) in [6.45, 7) is 0.683. The quantitative estimate of drug-likeness (QED) is 0.607. The third kappa shape index (κ3) is 1.29. The molecule has 0 saturated carbocycles. The first-order valence-electron chi connectivity index (χ1n) is 2.53. The van der Waals surface area contributed by atoms with E-state index in [4.69, 9.17) is 5.73 Å². The van der Waals surface area contributed by atoms with Gasteiger partial charge in [0.15, 0.2) is 0 Å². The van der Waals surface area contributed by atoms with Gasteiger partial charge in [-0.1, -0.05) is 26.4 Å². The van der Waals surface area contributed by atoms with Gasteiger partial charge in [-0.05, 0) is 11.1 Å². The molecule has 2 heteroatoms. The zero-order valence-corrected chi connectivity index (χ0v) is 5.44. The Hall–Kier alpha value is -0.390. The average molecular weight is 125 g/mol. The molecule has 1 nitrogen and oxygen atoms in total. The van der Waals surface area contributed by atoms with Crippen LogP contribution in [0, 0.1) is 0 Å². The first kappa shape index (κ1) is 5.74. The van der Waals surface area contributed by atoms with E-state index in [1.165, 1.54) is 13.5 Å². The molecule has 0 unspecified atom stereocenters. The van der Waals surface area contributed by atoms with Crippen molar-refractivity contribution >= 4 is 8.19 Å². The summed E-state index contributed by atoms with van der Waals surface area (Å²) >= 11 is 0. The van der Waals surface area contributed by atoms with Gasteiger partial charge in [-0.3, -0.25) is 0 Å². The Kier molecular flexibility index (Phi) is 2.01. The van der Waals surface area contributed by atoms with E-state index in [1.807, 2.05) is 12.1 Å². The molecule has 2 N–H and O–H groups in total. The standard InChI is InChI=1S/C6H8NP/c7-5-6-3-1-2-4-8-6/h1-4H,5,7H2. The summed E-state index contributed by atoms with van der Waals surface area (Å²) in [4.78, 5) is 0. The van der Waals surface area contributed by atoms with Gasteiger partial charge in [0.05, 0.1) is 0 Å². The van der Waals surface area contributed by atoms with Crippen molar-refractivity contribution in [2.24, 2.45) is 5.73 Å². The number of hydrogen-bond donors (Lipinski definition) is 1. The molecule has 0 atom stereocenters. The van der Waals surface area contributed by atoms with Gasteiger partial charge in [-0.2, -0.15) is 0 Å². The second kappa shape index (κ2) is 2.81. The zero-order valence-electron chi connectivity index (χ0n) is 4.54. The molecular weight excluding hydrogens is 117 g/mol. The van der Waals surface area contributed by atoms with Gasteiger partial charge in [0.25, 0.3) is 0 Å². The molecule has 0 spiro atoms. The van der Waals surface area contributed by atoms with Crippen LogP contribution >= 0.6 is 8.19 Å². The molecule has 0 saturated heterocycles. The fourth-order valence-corrected chi connectivity index (χ4v) is 1.17. The molecule has 0 aliphatic carbocycles. The Morgan fingerprint density at radius 1 is 1.50 bits per heavy atom. The Labute approximate surface area is 50.6 Å². The van der Waals surface area contributed by atoms with Crippen molar-refractivity contribution in [3.8, 4) is 0 Å². The van der Waals surface area contributed by atoms with Crippen LogP contribution in [-0.4, -0.2) is 0 Å². The van der Waals surface area contributed by atoms with Gasteiger partial charge in [-0.25, -0.2) is 0 Å². The fraction of sp³-hybridized carbons (Fsp3) is 0.167. The molecule has 0 radical (unpaired) electrons. The van der Waals surface area contributed by atoms with Gasteiger partial charge in [0.2, 0.25) is 0 Å². The van der Waals surface area contributed by atoms with E-state index < -0.39 is 0 Å². The monoisotopic (exact) mass is 125 g/mol. The summed E-state index contributed by atoms with van der Waals surface area (Å²) in [7, 11) is 1.25. The van der Waals surface area contributed by atoms with E-state index in [9.17, 15) is 0 Å². The predicted molar refractivity (Wildman–Crippen MR) is 36.8 cm³/mol. The lowest BCUT2D eigenvalue weighted by atomic mass is 10.4. The number of rotatable bonds is 1. The molecule has 0 amide bonds. The first-order valence-corrected chi connectivity index (χ1v) is 3.50. The maximum absolute atomic E-state index is 5.37. The van der Waals surface area contributed by atoms with E-state index in [2.05, 4.69) is 11.9 Å². The highest BCUT2D eigenvalue weighted by Crippen LogP contribution is 2.10. The highest BCUT2D eigenvalue weighted by molar-refractivity contribution is 7.29. The van der Waals surface area contributed by atoms with Gasteiger partial charge in [0.1, 0.15) is 0 Å². The largest absolute Gasteiger partial charge is 0.326 e. The van der Waals surface area contributed by atoms with Crippen molar-refractivity contribution in [1.82, 2.24) is 0 Å². The van der Waals surface area contributed by atoms with Crippen molar-refractivity contribution in [3.05, 3.63) is 29.3 Å². The smallest absolute Gasteiger partial charge is 0.0222 e. The number of nitrogens with two attached hydrogens (primary N) is 1. The SMILES string of the molecule is NCc1ccccp1. The topological polar surface area (TPSA) is 26.0 Å². The van der Waals surface area contributed by atoms with Crippen LogP contribution in [0.3, 0.4) is 0 Å². The summed E-state index contributed by atoms with van der Waals surface area (Å²) in [6, 6.07) is 6.10. The molecule has 1 aromatic rings. The molecule has 8 heavy (non-hydrogen) atoms. The minimum atomic E-state index is 0.683. The summed E-state index contributed by atoms with van der Waals surface area (Å²) < 4.78 is 0. The van der Waals surface area contributed by atoms with Gasteiger partial charge >= 0.3 is 0 Å². The highest BCUT2D eigenvalue weighted by atomic mass is 31.0. The highest BCUT2D eigenvalue weighted by Gasteiger charge is 1.81. The van der Waals surface area contributed by atoms with Crippen LogP contribution in [0.25, 0.3) is 0 Å². The average Bonchev–Trinajstić information content (AvgIpc) is 1.90. The maximum atomic E-state index is 5.37. The molecule has 0 bridgehead atoms. The minimum Gasteiger partial charge on any atom is -0.326 e. The van der Waals surface area contributed by atoms with E-state index >= 15 is 0 Å². The normalized spacial score (nSPS) is 10.1. The lowest BCUT2D eigenvalue weighted by Crippen LogP contribution is -1.91. The molecule has 1 rings (SSSR count). The second-order valence-electron chi connectivity index (χ2n) is 1.53. The summed E-state index contributed by atoms with van der Waals surface area (Å²) in [5, 5.41) is 1.28. The van der Waals surface area contributed by atoms with Crippen LogP contribution in [0.5, 0.6) is 0 Å². The van der Waals surface area contributed by atoms with Gasteiger partial charge < -0.3 is 5.73 Å². The molecule has 0 aromatic carbocycles. The van der Waals surface area contributed by atoms with Crippen LogP contribution in [0.2, 0.25) is 0 Å². The lowest BCUT2D eigenvalue weighted by Gasteiger charge is -1.89. The van der Waals surface area contributed by atoms with Crippen molar-refractivity contribution in [2.75, 3.05) is 0 Å². The van der Waals surface area contributed by atoms with Crippen LogP contribution in [0.1, 0.15) is 5.30 Å². The van der Waals surface area contributed by atoms with Crippen molar-refractivity contribution in [3.63, 3.8) is 0 Å². The first-order chi connectivity index (χ1) is 3.93. The van der Waals surface area contributed by atoms with Crippen molar-refractivity contribution in [1.29, 1.82) is 0 Å². The van der Waals surface area contributed by atoms with Crippen molar-refractivity contribution < 1.29 is 0 Å². The second-order valence-corrected chi connectivity index (χ2v) is 2.66. The lowest BCUT2D eigenvalue weighted by molar-refractivity contribution is 1.10. The molecule has 0 aliphatic rings. The Balaban J connectivity index is 2.83. The van der Waals surface area contributed by atoms with E-state index in [1.54, 1.807) is 0 Å². The summed E-state index contributed by atoms with van der Waals surface area (Å²) in [6.07, 6.45) is 0.